The van der Waals surface area contributed by atoms with Crippen LogP contribution in [0, 0.1) is 11.7 Å². The molecule has 1 aliphatic rings. The van der Waals surface area contributed by atoms with E-state index in [2.05, 4.69) is 23.3 Å². The Morgan fingerprint density at radius 1 is 1.28 bits per heavy atom. The fraction of sp³-hybridized carbons (Fsp3) is 0.276. The van der Waals surface area contributed by atoms with Crippen molar-refractivity contribution in [3.63, 3.8) is 0 Å². The van der Waals surface area contributed by atoms with Crippen LogP contribution < -0.4 is 10.4 Å². The number of aromatic nitrogens is 3. The number of nitrogens with zero attached hydrogens (tertiary/aromatic N) is 5. The highest BCUT2D eigenvalue weighted by atomic mass is 35.5. The van der Waals surface area contributed by atoms with E-state index in [9.17, 15) is 14.0 Å². The molecule has 0 atom stereocenters. The number of hydrogen-bond donors (Lipinski definition) is 0. The fourth-order valence-electron chi connectivity index (χ4n) is 4.37. The Morgan fingerprint density at radius 2 is 1.97 bits per heavy atom. The van der Waals surface area contributed by atoms with Crippen molar-refractivity contribution in [1.82, 2.24) is 19.4 Å². The van der Waals surface area contributed by atoms with Crippen LogP contribution in [0.1, 0.15) is 27.7 Å². The minimum absolute atomic E-state index is 0.0200. The van der Waals surface area contributed by atoms with Gasteiger partial charge in [0.05, 0.1) is 40.6 Å². The second kappa shape index (κ2) is 11.3. The van der Waals surface area contributed by atoms with Gasteiger partial charge in [-0.15, -0.1) is 0 Å². The molecule has 0 aliphatic carbocycles. The third-order valence-electron chi connectivity index (χ3n) is 6.52. The van der Waals surface area contributed by atoms with E-state index in [0.29, 0.717) is 29.9 Å². The van der Waals surface area contributed by atoms with E-state index < -0.39 is 17.6 Å². The molecule has 0 spiro atoms. The zero-order valence-electron chi connectivity index (χ0n) is 22.2. The predicted octanol–water partition coefficient (Wildman–Crippen LogP) is 5.52. The molecule has 202 valence electrons. The van der Waals surface area contributed by atoms with E-state index in [1.165, 1.54) is 16.7 Å². The summed E-state index contributed by atoms with van der Waals surface area (Å²) in [4.78, 5) is 40.3. The number of ether oxygens (including phenoxy) is 1. The van der Waals surface area contributed by atoms with Crippen molar-refractivity contribution in [2.75, 3.05) is 13.1 Å². The quantitative estimate of drug-likeness (QED) is 0.210. The van der Waals surface area contributed by atoms with Gasteiger partial charge in [-0.3, -0.25) is 9.79 Å². The topological polar surface area (TPSA) is 89.7 Å². The molecule has 0 bridgehead atoms. The number of aliphatic imine (C=N–C) groups is 1. The number of fused-ring (bicyclic) bond motifs is 1. The first kappa shape index (κ1) is 27.9. The number of allylic oxidation sites excluding steroid dienone is 4. The van der Waals surface area contributed by atoms with Crippen molar-refractivity contribution in [3.05, 3.63) is 81.7 Å². The van der Waals surface area contributed by atoms with Gasteiger partial charge in [-0.1, -0.05) is 50.2 Å². The third kappa shape index (κ3) is 5.27. The van der Waals surface area contributed by atoms with Crippen LogP contribution in [0.2, 0.25) is 5.02 Å². The maximum absolute atomic E-state index is 14.8. The molecule has 1 saturated heterocycles. The Labute approximate surface area is 230 Å². The van der Waals surface area contributed by atoms with Gasteiger partial charge < -0.3 is 9.64 Å². The van der Waals surface area contributed by atoms with Crippen LogP contribution in [-0.4, -0.2) is 51.3 Å². The average Bonchev–Trinajstić information content (AvgIpc) is 2.89. The summed E-state index contributed by atoms with van der Waals surface area (Å²) in [6, 6.07) is 7.68. The molecule has 10 heteroatoms. The summed E-state index contributed by atoms with van der Waals surface area (Å²) in [6.07, 6.45) is 2.69. The van der Waals surface area contributed by atoms with E-state index in [1.54, 1.807) is 29.2 Å². The first-order chi connectivity index (χ1) is 18.6. The molecule has 0 unspecified atom stereocenters. The Bertz CT molecular complexity index is 1600. The molecular weight excluding hydrogens is 521 g/mol. The van der Waals surface area contributed by atoms with Crippen molar-refractivity contribution >= 4 is 41.0 Å². The second-order valence-corrected chi connectivity index (χ2v) is 9.82. The summed E-state index contributed by atoms with van der Waals surface area (Å²) in [5.74, 6) is -0.793. The largest absolute Gasteiger partial charge is 0.470 e. The number of carbonyl (C=O) groups excluding carboxylic acids is 1. The smallest absolute Gasteiger partial charge is 0.357 e. The van der Waals surface area contributed by atoms with E-state index >= 15 is 0 Å². The van der Waals surface area contributed by atoms with Crippen LogP contribution in [0.3, 0.4) is 0 Å². The molecule has 0 radical (unpaired) electrons. The van der Waals surface area contributed by atoms with Gasteiger partial charge in [0.15, 0.2) is 5.65 Å². The minimum Gasteiger partial charge on any atom is -0.470 e. The van der Waals surface area contributed by atoms with Gasteiger partial charge >= 0.3 is 5.69 Å². The Hall–Kier alpha value is -4.11. The molecular formula is C29H29ClFN5O3. The molecule has 0 N–H and O–H groups in total. The number of carbonyl (C=O) groups is 1. The van der Waals surface area contributed by atoms with Crippen molar-refractivity contribution in [3.8, 4) is 17.1 Å². The summed E-state index contributed by atoms with van der Waals surface area (Å²) in [6.45, 7) is 15.4. The summed E-state index contributed by atoms with van der Waals surface area (Å²) in [5, 5.41) is 0.502. The van der Waals surface area contributed by atoms with Gasteiger partial charge in [0.25, 0.3) is 0 Å². The number of rotatable bonds is 8. The maximum Gasteiger partial charge on any atom is 0.357 e. The molecule has 8 nitrogen and oxygen atoms in total. The highest BCUT2D eigenvalue weighted by molar-refractivity contribution is 6.33. The molecule has 1 amide bonds. The molecule has 1 aromatic carbocycles. The Morgan fingerprint density at radius 3 is 2.56 bits per heavy atom. The van der Waals surface area contributed by atoms with Crippen LogP contribution in [0.25, 0.3) is 28.0 Å². The van der Waals surface area contributed by atoms with Crippen molar-refractivity contribution in [1.29, 1.82) is 0 Å². The van der Waals surface area contributed by atoms with Gasteiger partial charge in [-0.25, -0.2) is 18.7 Å². The summed E-state index contributed by atoms with van der Waals surface area (Å²) < 4.78 is 22.2. The van der Waals surface area contributed by atoms with Crippen LogP contribution in [-0.2, 0) is 4.79 Å². The van der Waals surface area contributed by atoms with Crippen LogP contribution in [0.5, 0.6) is 5.88 Å². The van der Waals surface area contributed by atoms with Crippen molar-refractivity contribution < 1.29 is 13.9 Å². The maximum atomic E-state index is 14.8. The number of halogens is 2. The summed E-state index contributed by atoms with van der Waals surface area (Å²) in [5.41, 5.74) is 1.62. The van der Waals surface area contributed by atoms with Crippen LogP contribution in [0.15, 0.2) is 70.1 Å². The predicted molar refractivity (Wildman–Crippen MR) is 152 cm³/mol. The molecule has 1 fully saturated rings. The number of amides is 1. The zero-order chi connectivity index (χ0) is 28.4. The number of benzene rings is 1. The normalized spacial score (nSPS) is 14.7. The zero-order valence-corrected chi connectivity index (χ0v) is 23.0. The second-order valence-electron chi connectivity index (χ2n) is 9.41. The number of likely N-dealkylation sites (tertiary alicyclic amines) is 1. The number of pyridine rings is 1. The standard InChI is InChI=1S/C29H29ClFN5O3/c1-7-17(5)26(24(32-6)16(3)4)36-27-20(13-21(30)25(33-27)19-11-9-10-12-22(19)31)28(34-29(36)38)39-18-14-35(15-18)23(37)8-2/h7-13,16,18H,2,6,14-15H2,1,3-5H3/b17-7-,26-24+. The first-order valence-corrected chi connectivity index (χ1v) is 12.8. The number of hydrogen-bond acceptors (Lipinski definition) is 6. The van der Waals surface area contributed by atoms with Gasteiger partial charge in [0.2, 0.25) is 11.8 Å². The molecule has 4 rings (SSSR count). The van der Waals surface area contributed by atoms with Gasteiger partial charge in [0.1, 0.15) is 11.9 Å². The summed E-state index contributed by atoms with van der Waals surface area (Å²) in [7, 11) is 0. The molecule has 0 saturated carbocycles. The van der Waals surface area contributed by atoms with Gasteiger partial charge in [0, 0.05) is 5.56 Å². The lowest BCUT2D eigenvalue weighted by Crippen LogP contribution is -2.55. The SMILES string of the molecule is C=CC(=O)N1CC(Oc2nc(=O)n(C(/C(C)=C\C)=C(/N=C)C(C)C)c3nc(-c4ccccc4F)c(Cl)cc23)C1. The Kier molecular flexibility index (Phi) is 8.11. The molecule has 39 heavy (non-hydrogen) atoms. The Balaban J connectivity index is 2.02. The fourth-order valence-corrected chi connectivity index (χ4v) is 4.62. The van der Waals surface area contributed by atoms with Crippen molar-refractivity contribution in [2.45, 2.75) is 33.8 Å². The summed E-state index contributed by atoms with van der Waals surface area (Å²) >= 11 is 6.64. The van der Waals surface area contributed by atoms with Crippen LogP contribution >= 0.6 is 11.6 Å². The molecule has 3 heterocycles. The minimum atomic E-state index is -0.664. The van der Waals surface area contributed by atoms with Gasteiger partial charge in [-0.05, 0) is 56.3 Å². The lowest BCUT2D eigenvalue weighted by molar-refractivity contribution is -0.134. The molecule has 3 aromatic rings. The van der Waals surface area contributed by atoms with Crippen LogP contribution in [0.4, 0.5) is 4.39 Å². The first-order valence-electron chi connectivity index (χ1n) is 12.4. The van der Waals surface area contributed by atoms with E-state index in [0.717, 1.165) is 5.57 Å². The molecule has 1 aliphatic heterocycles. The van der Waals surface area contributed by atoms with Gasteiger partial charge in [-0.2, -0.15) is 4.98 Å². The third-order valence-corrected chi connectivity index (χ3v) is 6.81. The molecule has 2 aromatic heterocycles. The van der Waals surface area contributed by atoms with E-state index in [4.69, 9.17) is 21.3 Å². The highest BCUT2D eigenvalue weighted by Gasteiger charge is 2.33. The van der Waals surface area contributed by atoms with E-state index in [1.807, 2.05) is 33.8 Å². The highest BCUT2D eigenvalue weighted by Crippen LogP contribution is 2.36. The van der Waals surface area contributed by atoms with E-state index in [-0.39, 0.29) is 39.6 Å². The lowest BCUT2D eigenvalue weighted by Gasteiger charge is -2.38. The van der Waals surface area contributed by atoms with Crippen molar-refractivity contribution in [2.24, 2.45) is 10.9 Å². The monoisotopic (exact) mass is 549 g/mol. The lowest BCUT2D eigenvalue weighted by atomic mass is 10.0. The average molecular weight is 550 g/mol.